The summed E-state index contributed by atoms with van der Waals surface area (Å²) in [6.07, 6.45) is 1.16. The average molecular weight is 157 g/mol. The van der Waals surface area contributed by atoms with Crippen molar-refractivity contribution in [1.82, 2.24) is 5.32 Å². The summed E-state index contributed by atoms with van der Waals surface area (Å²) in [5.41, 5.74) is 5.51. The summed E-state index contributed by atoms with van der Waals surface area (Å²) in [4.78, 5) is 3.83. The van der Waals surface area contributed by atoms with Crippen LogP contribution >= 0.6 is 0 Å². The summed E-state index contributed by atoms with van der Waals surface area (Å²) in [6, 6.07) is 0.406. The zero-order valence-electron chi connectivity index (χ0n) is 7.89. The first-order valence-corrected chi connectivity index (χ1v) is 4.10. The predicted octanol–water partition coefficient (Wildman–Crippen LogP) is 0.955. The molecule has 0 aromatic rings. The van der Waals surface area contributed by atoms with Gasteiger partial charge in [0.1, 0.15) is 0 Å². The van der Waals surface area contributed by atoms with Gasteiger partial charge in [0.15, 0.2) is 5.96 Å². The highest BCUT2D eigenvalue weighted by molar-refractivity contribution is 5.77. The molecule has 11 heavy (non-hydrogen) atoms. The van der Waals surface area contributed by atoms with Crippen LogP contribution in [0.2, 0.25) is 0 Å². The standard InChI is InChI=1S/C8H19N3/c1-5-6(2)7(3)11-8(9)10-4/h6-7H,5H2,1-4H3,(H3,9,10,11). The Morgan fingerprint density at radius 2 is 2.09 bits per heavy atom. The molecule has 66 valence electrons. The van der Waals surface area contributed by atoms with Crippen molar-refractivity contribution in [3.63, 3.8) is 0 Å². The minimum atomic E-state index is 0.406. The lowest BCUT2D eigenvalue weighted by atomic mass is 10.0. The van der Waals surface area contributed by atoms with E-state index in [1.165, 1.54) is 0 Å². The van der Waals surface area contributed by atoms with Gasteiger partial charge in [-0.25, -0.2) is 0 Å². The van der Waals surface area contributed by atoms with Gasteiger partial charge in [0.05, 0.1) is 0 Å². The van der Waals surface area contributed by atoms with Crippen LogP contribution in [0.3, 0.4) is 0 Å². The number of aliphatic imine (C=N–C) groups is 1. The molecule has 2 atom stereocenters. The maximum atomic E-state index is 5.51. The van der Waals surface area contributed by atoms with Crippen molar-refractivity contribution < 1.29 is 0 Å². The first-order valence-electron chi connectivity index (χ1n) is 4.10. The number of hydrogen-bond donors (Lipinski definition) is 2. The minimum absolute atomic E-state index is 0.406. The minimum Gasteiger partial charge on any atom is -0.370 e. The summed E-state index contributed by atoms with van der Waals surface area (Å²) in [5, 5.41) is 3.11. The van der Waals surface area contributed by atoms with Gasteiger partial charge in [0, 0.05) is 13.1 Å². The molecule has 0 saturated carbocycles. The third-order valence-electron chi connectivity index (χ3n) is 2.11. The Balaban J connectivity index is 3.76. The normalized spacial score (nSPS) is 17.6. The van der Waals surface area contributed by atoms with Gasteiger partial charge >= 0.3 is 0 Å². The Bertz CT molecular complexity index is 131. The number of guanidine groups is 1. The fraction of sp³-hybridized carbons (Fsp3) is 0.875. The van der Waals surface area contributed by atoms with Crippen LogP contribution in [0.5, 0.6) is 0 Å². The lowest BCUT2D eigenvalue weighted by Gasteiger charge is -2.19. The molecule has 0 aromatic carbocycles. The topological polar surface area (TPSA) is 50.4 Å². The van der Waals surface area contributed by atoms with E-state index < -0.39 is 0 Å². The first-order chi connectivity index (χ1) is 5.11. The monoisotopic (exact) mass is 157 g/mol. The van der Waals surface area contributed by atoms with Gasteiger partial charge < -0.3 is 11.1 Å². The highest BCUT2D eigenvalue weighted by Crippen LogP contribution is 2.05. The Morgan fingerprint density at radius 3 is 2.45 bits per heavy atom. The molecule has 0 aliphatic rings. The molecular weight excluding hydrogens is 138 g/mol. The van der Waals surface area contributed by atoms with Crippen LogP contribution < -0.4 is 11.1 Å². The number of nitrogens with zero attached hydrogens (tertiary/aromatic N) is 1. The number of hydrogen-bond acceptors (Lipinski definition) is 1. The van der Waals surface area contributed by atoms with Crippen LogP contribution in [0.25, 0.3) is 0 Å². The van der Waals surface area contributed by atoms with E-state index in [0.717, 1.165) is 6.42 Å². The fourth-order valence-corrected chi connectivity index (χ4v) is 0.794. The first kappa shape index (κ1) is 10.3. The van der Waals surface area contributed by atoms with Crippen molar-refractivity contribution in [1.29, 1.82) is 0 Å². The van der Waals surface area contributed by atoms with E-state index >= 15 is 0 Å². The van der Waals surface area contributed by atoms with Crippen LogP contribution in [-0.2, 0) is 0 Å². The molecule has 3 N–H and O–H groups in total. The molecule has 0 saturated heterocycles. The summed E-state index contributed by atoms with van der Waals surface area (Å²) in [5.74, 6) is 1.16. The maximum Gasteiger partial charge on any atom is 0.188 e. The van der Waals surface area contributed by atoms with Gasteiger partial charge in [-0.3, -0.25) is 4.99 Å². The average Bonchev–Trinajstić information content (AvgIpc) is 2.02. The molecule has 0 amide bonds. The van der Waals surface area contributed by atoms with E-state index in [2.05, 4.69) is 31.1 Å². The van der Waals surface area contributed by atoms with Crippen molar-refractivity contribution in [2.45, 2.75) is 33.2 Å². The van der Waals surface area contributed by atoms with Crippen molar-refractivity contribution in [3.8, 4) is 0 Å². The molecule has 0 aromatic heterocycles. The predicted molar refractivity (Wildman–Crippen MR) is 49.6 cm³/mol. The molecule has 3 heteroatoms. The van der Waals surface area contributed by atoms with E-state index in [9.17, 15) is 0 Å². The molecule has 0 fully saturated rings. The van der Waals surface area contributed by atoms with Gasteiger partial charge in [0.25, 0.3) is 0 Å². The zero-order valence-corrected chi connectivity index (χ0v) is 7.89. The Morgan fingerprint density at radius 1 is 1.55 bits per heavy atom. The van der Waals surface area contributed by atoms with E-state index in [-0.39, 0.29) is 0 Å². The number of nitrogens with one attached hydrogen (secondary N) is 1. The van der Waals surface area contributed by atoms with Gasteiger partial charge in [-0.15, -0.1) is 0 Å². The summed E-state index contributed by atoms with van der Waals surface area (Å²) in [7, 11) is 1.69. The van der Waals surface area contributed by atoms with Gasteiger partial charge in [0.2, 0.25) is 0 Å². The Kier molecular flexibility index (Phi) is 4.66. The zero-order chi connectivity index (χ0) is 8.85. The third-order valence-corrected chi connectivity index (χ3v) is 2.11. The molecule has 0 aliphatic heterocycles. The molecular formula is C8H19N3. The Hall–Kier alpha value is -0.730. The van der Waals surface area contributed by atoms with Crippen LogP contribution in [-0.4, -0.2) is 19.0 Å². The lowest BCUT2D eigenvalue weighted by Crippen LogP contribution is -2.41. The molecule has 0 rings (SSSR count). The van der Waals surface area contributed by atoms with E-state index in [0.29, 0.717) is 17.9 Å². The van der Waals surface area contributed by atoms with Gasteiger partial charge in [-0.2, -0.15) is 0 Å². The quantitative estimate of drug-likeness (QED) is 0.473. The molecule has 2 unspecified atom stereocenters. The highest BCUT2D eigenvalue weighted by Gasteiger charge is 2.09. The molecule has 3 nitrogen and oxygen atoms in total. The van der Waals surface area contributed by atoms with Crippen molar-refractivity contribution in [2.24, 2.45) is 16.6 Å². The van der Waals surface area contributed by atoms with Crippen molar-refractivity contribution in [3.05, 3.63) is 0 Å². The van der Waals surface area contributed by atoms with E-state index in [4.69, 9.17) is 5.73 Å². The number of nitrogens with two attached hydrogens (primary N) is 1. The van der Waals surface area contributed by atoms with Crippen LogP contribution in [0.15, 0.2) is 4.99 Å². The second-order valence-corrected chi connectivity index (χ2v) is 2.93. The second kappa shape index (κ2) is 4.99. The lowest BCUT2D eigenvalue weighted by molar-refractivity contribution is 0.436. The third kappa shape index (κ3) is 3.86. The van der Waals surface area contributed by atoms with Crippen molar-refractivity contribution in [2.75, 3.05) is 7.05 Å². The van der Waals surface area contributed by atoms with Crippen LogP contribution in [0.1, 0.15) is 27.2 Å². The summed E-state index contributed by atoms with van der Waals surface area (Å²) in [6.45, 7) is 6.48. The van der Waals surface area contributed by atoms with Crippen LogP contribution in [0, 0.1) is 5.92 Å². The molecule has 0 radical (unpaired) electrons. The molecule has 0 heterocycles. The molecule has 0 spiro atoms. The smallest absolute Gasteiger partial charge is 0.188 e. The van der Waals surface area contributed by atoms with E-state index in [1.54, 1.807) is 7.05 Å². The Labute approximate surface area is 69.1 Å². The maximum absolute atomic E-state index is 5.51. The summed E-state index contributed by atoms with van der Waals surface area (Å²) < 4.78 is 0. The SMILES string of the molecule is CCC(C)C(C)NC(N)=NC. The second-order valence-electron chi connectivity index (χ2n) is 2.93. The fourth-order valence-electron chi connectivity index (χ4n) is 0.794. The highest BCUT2D eigenvalue weighted by atomic mass is 15.1. The van der Waals surface area contributed by atoms with Gasteiger partial charge in [-0.05, 0) is 12.8 Å². The molecule has 0 bridgehead atoms. The number of rotatable bonds is 3. The molecule has 0 aliphatic carbocycles. The van der Waals surface area contributed by atoms with Crippen LogP contribution in [0.4, 0.5) is 0 Å². The van der Waals surface area contributed by atoms with Crippen molar-refractivity contribution >= 4 is 5.96 Å². The largest absolute Gasteiger partial charge is 0.370 e. The van der Waals surface area contributed by atoms with Gasteiger partial charge in [-0.1, -0.05) is 20.3 Å². The van der Waals surface area contributed by atoms with E-state index in [1.807, 2.05) is 0 Å². The summed E-state index contributed by atoms with van der Waals surface area (Å²) >= 11 is 0.